The van der Waals surface area contributed by atoms with E-state index in [0.29, 0.717) is 31.1 Å². The van der Waals surface area contributed by atoms with Gasteiger partial charge in [0.05, 0.1) is 0 Å². The summed E-state index contributed by atoms with van der Waals surface area (Å²) in [6.07, 6.45) is 0. The lowest BCUT2D eigenvalue weighted by Gasteiger charge is -2.10. The Hall–Kier alpha value is -1.95. The van der Waals surface area contributed by atoms with Crippen LogP contribution in [0.5, 0.6) is 17.2 Å². The van der Waals surface area contributed by atoms with Crippen LogP contribution in [-0.2, 0) is 11.3 Å². The number of nitrogens with one attached hydrogen (secondary N) is 2. The van der Waals surface area contributed by atoms with Gasteiger partial charge in [0.15, 0.2) is 11.5 Å². The number of fused-ring (bicyclic) bond motifs is 1. The average molecular weight is 280 g/mol. The molecule has 110 valence electrons. The van der Waals surface area contributed by atoms with Gasteiger partial charge in [0, 0.05) is 37.2 Å². The summed E-state index contributed by atoms with van der Waals surface area (Å²) >= 11 is 0. The highest BCUT2D eigenvalue weighted by molar-refractivity contribution is 5.77. The molecule has 3 N–H and O–H groups in total. The first-order valence-electron chi connectivity index (χ1n) is 6.68. The Morgan fingerprint density at radius 2 is 2.00 bits per heavy atom. The minimum absolute atomic E-state index is 0.00657. The van der Waals surface area contributed by atoms with E-state index in [4.69, 9.17) is 9.47 Å². The second-order valence-electron chi connectivity index (χ2n) is 4.96. The first-order chi connectivity index (χ1) is 9.58. The molecule has 1 heterocycles. The van der Waals surface area contributed by atoms with Gasteiger partial charge < -0.3 is 25.2 Å². The molecule has 0 aromatic heterocycles. The number of phenolic OH excluding ortho intramolecular Hbond substituents is 1. The smallest absolute Gasteiger partial charge is 0.231 e. The van der Waals surface area contributed by atoms with Gasteiger partial charge in [-0.25, -0.2) is 0 Å². The fourth-order valence-corrected chi connectivity index (χ4v) is 1.82. The zero-order valence-electron chi connectivity index (χ0n) is 11.7. The van der Waals surface area contributed by atoms with Crippen LogP contribution in [0.4, 0.5) is 0 Å². The number of phenols is 1. The van der Waals surface area contributed by atoms with Crippen LogP contribution in [0.15, 0.2) is 12.1 Å². The Balaban J connectivity index is 1.76. The maximum absolute atomic E-state index is 11.3. The van der Waals surface area contributed by atoms with Gasteiger partial charge in [-0.05, 0) is 6.07 Å². The molecular weight excluding hydrogens is 260 g/mol. The van der Waals surface area contributed by atoms with Gasteiger partial charge in [-0.1, -0.05) is 13.8 Å². The van der Waals surface area contributed by atoms with Crippen molar-refractivity contribution in [3.63, 3.8) is 0 Å². The zero-order valence-corrected chi connectivity index (χ0v) is 11.7. The van der Waals surface area contributed by atoms with Crippen molar-refractivity contribution in [2.75, 3.05) is 19.9 Å². The molecule has 1 aromatic rings. The topological polar surface area (TPSA) is 79.8 Å². The number of carbonyl (C=O) groups excluding carboxylic acids is 1. The van der Waals surface area contributed by atoms with Crippen LogP contribution in [0.2, 0.25) is 0 Å². The van der Waals surface area contributed by atoms with Crippen LogP contribution < -0.4 is 20.1 Å². The SMILES string of the molecule is CC(C)C(=O)NCCNCc1cc2c(cc1O)OCO2. The highest BCUT2D eigenvalue weighted by Crippen LogP contribution is 2.37. The molecule has 2 rings (SSSR count). The molecule has 0 bridgehead atoms. The van der Waals surface area contributed by atoms with E-state index in [1.165, 1.54) is 0 Å². The van der Waals surface area contributed by atoms with Crippen molar-refractivity contribution in [2.24, 2.45) is 5.92 Å². The van der Waals surface area contributed by atoms with Crippen LogP contribution in [0.1, 0.15) is 19.4 Å². The van der Waals surface area contributed by atoms with Crippen molar-refractivity contribution < 1.29 is 19.4 Å². The molecule has 1 aliphatic rings. The molecule has 20 heavy (non-hydrogen) atoms. The fraction of sp³-hybridized carbons (Fsp3) is 0.500. The Morgan fingerprint density at radius 3 is 2.70 bits per heavy atom. The minimum Gasteiger partial charge on any atom is -0.507 e. The summed E-state index contributed by atoms with van der Waals surface area (Å²) in [5.74, 6) is 1.42. The van der Waals surface area contributed by atoms with E-state index in [2.05, 4.69) is 10.6 Å². The summed E-state index contributed by atoms with van der Waals surface area (Å²) in [7, 11) is 0. The molecule has 1 amide bonds. The van der Waals surface area contributed by atoms with E-state index in [1.54, 1.807) is 12.1 Å². The number of ether oxygens (including phenoxy) is 2. The molecule has 0 atom stereocenters. The van der Waals surface area contributed by atoms with E-state index < -0.39 is 0 Å². The molecule has 0 aliphatic carbocycles. The predicted molar refractivity (Wildman–Crippen MR) is 73.8 cm³/mol. The van der Waals surface area contributed by atoms with E-state index >= 15 is 0 Å². The Morgan fingerprint density at radius 1 is 1.30 bits per heavy atom. The summed E-state index contributed by atoms with van der Waals surface area (Å²) in [5, 5.41) is 15.8. The molecule has 0 saturated carbocycles. The molecule has 0 fully saturated rings. The van der Waals surface area contributed by atoms with E-state index in [-0.39, 0.29) is 24.4 Å². The average Bonchev–Trinajstić information content (AvgIpc) is 2.84. The molecule has 1 aliphatic heterocycles. The van der Waals surface area contributed by atoms with E-state index in [9.17, 15) is 9.90 Å². The number of benzene rings is 1. The van der Waals surface area contributed by atoms with Crippen molar-refractivity contribution in [2.45, 2.75) is 20.4 Å². The van der Waals surface area contributed by atoms with Gasteiger partial charge in [-0.2, -0.15) is 0 Å². The Labute approximate surface area is 118 Å². The van der Waals surface area contributed by atoms with Crippen LogP contribution in [0.3, 0.4) is 0 Å². The van der Waals surface area contributed by atoms with Gasteiger partial charge in [0.2, 0.25) is 12.7 Å². The normalized spacial score (nSPS) is 12.8. The third-order valence-electron chi connectivity index (χ3n) is 3.01. The number of hydrogen-bond acceptors (Lipinski definition) is 5. The first-order valence-corrected chi connectivity index (χ1v) is 6.68. The monoisotopic (exact) mass is 280 g/mol. The van der Waals surface area contributed by atoms with Crippen molar-refractivity contribution in [3.05, 3.63) is 17.7 Å². The quantitative estimate of drug-likeness (QED) is 0.677. The maximum Gasteiger partial charge on any atom is 0.231 e. The predicted octanol–water partition coefficient (Wildman–Crippen LogP) is 0.983. The highest BCUT2D eigenvalue weighted by Gasteiger charge is 2.16. The second kappa shape index (κ2) is 6.47. The Bertz CT molecular complexity index is 488. The first kappa shape index (κ1) is 14.5. The van der Waals surface area contributed by atoms with E-state index in [0.717, 1.165) is 5.56 Å². The zero-order chi connectivity index (χ0) is 14.5. The summed E-state index contributed by atoms with van der Waals surface area (Å²) in [6, 6.07) is 3.32. The molecule has 0 radical (unpaired) electrons. The van der Waals surface area contributed by atoms with Crippen molar-refractivity contribution in [1.29, 1.82) is 0 Å². The number of aromatic hydroxyl groups is 1. The summed E-state index contributed by atoms with van der Waals surface area (Å²) in [5.41, 5.74) is 0.740. The number of amides is 1. The molecule has 0 saturated heterocycles. The number of carbonyl (C=O) groups is 1. The summed E-state index contributed by atoms with van der Waals surface area (Å²) in [4.78, 5) is 11.3. The summed E-state index contributed by atoms with van der Waals surface area (Å²) in [6.45, 7) is 5.59. The molecule has 6 nitrogen and oxygen atoms in total. The van der Waals surface area contributed by atoms with Crippen molar-refractivity contribution >= 4 is 5.91 Å². The number of rotatable bonds is 6. The molecule has 0 spiro atoms. The van der Waals surface area contributed by atoms with Gasteiger partial charge in [0.1, 0.15) is 5.75 Å². The van der Waals surface area contributed by atoms with Crippen LogP contribution in [-0.4, -0.2) is 30.9 Å². The summed E-state index contributed by atoms with van der Waals surface area (Å²) < 4.78 is 10.4. The molecule has 0 unspecified atom stereocenters. The Kier molecular flexibility index (Phi) is 4.68. The van der Waals surface area contributed by atoms with Crippen molar-refractivity contribution in [1.82, 2.24) is 10.6 Å². The highest BCUT2D eigenvalue weighted by atomic mass is 16.7. The lowest BCUT2D eigenvalue weighted by molar-refractivity contribution is -0.123. The van der Waals surface area contributed by atoms with Crippen LogP contribution in [0, 0.1) is 5.92 Å². The van der Waals surface area contributed by atoms with Gasteiger partial charge in [-0.15, -0.1) is 0 Å². The minimum atomic E-state index is -0.00657. The standard InChI is InChI=1S/C14H20N2O4/c1-9(2)14(18)16-4-3-15-7-10-5-12-13(6-11(10)17)20-8-19-12/h5-6,9,15,17H,3-4,7-8H2,1-2H3,(H,16,18). The van der Waals surface area contributed by atoms with Gasteiger partial charge >= 0.3 is 0 Å². The largest absolute Gasteiger partial charge is 0.507 e. The van der Waals surface area contributed by atoms with Crippen LogP contribution >= 0.6 is 0 Å². The van der Waals surface area contributed by atoms with E-state index in [1.807, 2.05) is 13.8 Å². The number of hydrogen-bond donors (Lipinski definition) is 3. The molecule has 1 aromatic carbocycles. The third kappa shape index (κ3) is 3.54. The lowest BCUT2D eigenvalue weighted by atomic mass is 10.1. The van der Waals surface area contributed by atoms with Gasteiger partial charge in [0.25, 0.3) is 0 Å². The van der Waals surface area contributed by atoms with Crippen LogP contribution in [0.25, 0.3) is 0 Å². The fourth-order valence-electron chi connectivity index (χ4n) is 1.82. The molecule has 6 heteroatoms. The van der Waals surface area contributed by atoms with Gasteiger partial charge in [-0.3, -0.25) is 4.79 Å². The lowest BCUT2D eigenvalue weighted by Crippen LogP contribution is -2.34. The van der Waals surface area contributed by atoms with Crippen molar-refractivity contribution in [3.8, 4) is 17.2 Å². The maximum atomic E-state index is 11.3. The third-order valence-corrected chi connectivity index (χ3v) is 3.01. The second-order valence-corrected chi connectivity index (χ2v) is 4.96. The molecular formula is C14H20N2O4.